The number of nitrogens with zero attached hydrogens (tertiary/aromatic N) is 1. The fourth-order valence-corrected chi connectivity index (χ4v) is 14.1. The Morgan fingerprint density at radius 3 is 1.83 bits per heavy atom. The summed E-state index contributed by atoms with van der Waals surface area (Å²) in [5.41, 5.74) is 1.27. The van der Waals surface area contributed by atoms with Gasteiger partial charge in [0.2, 0.25) is 0 Å². The lowest BCUT2D eigenvalue weighted by molar-refractivity contribution is 0.283. The lowest BCUT2D eigenvalue weighted by Gasteiger charge is -2.42. The van der Waals surface area contributed by atoms with Crippen LogP contribution in [-0.2, 0) is 4.08 Å². The zero-order valence-electron chi connectivity index (χ0n) is 20.4. The van der Waals surface area contributed by atoms with Gasteiger partial charge in [0, 0.05) is 10.0 Å². The fraction of sp³-hybridized carbons (Fsp3) is 0.379. The van der Waals surface area contributed by atoms with Crippen molar-refractivity contribution >= 4 is 65.2 Å². The van der Waals surface area contributed by atoms with Crippen molar-refractivity contribution in [1.82, 2.24) is 4.90 Å². The third-order valence-corrected chi connectivity index (χ3v) is 16.8. The first-order chi connectivity index (χ1) is 17.5. The maximum absolute atomic E-state index is 13.6. The summed E-state index contributed by atoms with van der Waals surface area (Å²) in [6.45, 7) is 3.37. The van der Waals surface area contributed by atoms with Crippen molar-refractivity contribution in [3.63, 3.8) is 0 Å². The van der Waals surface area contributed by atoms with Crippen LogP contribution in [0.25, 0.3) is 0 Å². The summed E-state index contributed by atoms with van der Waals surface area (Å²) < 4.78 is 13.7. The number of halogens is 3. The highest BCUT2D eigenvalue weighted by molar-refractivity contribution is 8.18. The van der Waals surface area contributed by atoms with Crippen LogP contribution in [0, 0.1) is 5.82 Å². The van der Waals surface area contributed by atoms with Crippen LogP contribution in [0.4, 0.5) is 4.39 Å². The van der Waals surface area contributed by atoms with E-state index in [0.29, 0.717) is 0 Å². The second-order valence-electron chi connectivity index (χ2n) is 9.85. The number of hydrogen-bond donors (Lipinski definition) is 0. The van der Waals surface area contributed by atoms with Crippen LogP contribution < -0.4 is 10.4 Å². The van der Waals surface area contributed by atoms with Gasteiger partial charge in [-0.05, 0) is 104 Å². The highest BCUT2D eigenvalue weighted by Crippen LogP contribution is 2.53. The molecule has 0 aliphatic carbocycles. The maximum atomic E-state index is 13.6. The summed E-state index contributed by atoms with van der Waals surface area (Å²) in [4.78, 5) is 2.66. The molecule has 2 aliphatic rings. The van der Waals surface area contributed by atoms with Gasteiger partial charge in [-0.25, -0.2) is 4.39 Å². The lowest BCUT2D eigenvalue weighted by atomic mass is 10.1. The van der Waals surface area contributed by atoms with Crippen LogP contribution in [0.2, 0.25) is 22.1 Å². The van der Waals surface area contributed by atoms with Gasteiger partial charge in [0.15, 0.2) is 0 Å². The van der Waals surface area contributed by atoms with E-state index < -0.39 is 8.07 Å². The van der Waals surface area contributed by atoms with Gasteiger partial charge in [0.1, 0.15) is 13.9 Å². The van der Waals surface area contributed by atoms with E-state index in [1.54, 1.807) is 12.1 Å². The Balaban J connectivity index is 1.26. The van der Waals surface area contributed by atoms with Crippen LogP contribution in [0.15, 0.2) is 72.8 Å². The monoisotopic (exact) mass is 575 g/mol. The maximum Gasteiger partial charge on any atom is 0.123 e. The van der Waals surface area contributed by atoms with Gasteiger partial charge < -0.3 is 4.90 Å². The second-order valence-corrected chi connectivity index (χ2v) is 18.1. The molecule has 0 atom stereocenters. The molecule has 0 amide bonds. The fourth-order valence-electron chi connectivity index (χ4n) is 5.71. The Labute approximate surface area is 234 Å². The smallest absolute Gasteiger partial charge is 0.123 e. The van der Waals surface area contributed by atoms with Crippen LogP contribution in [-0.4, -0.2) is 44.1 Å². The molecule has 0 spiro atoms. The van der Waals surface area contributed by atoms with Crippen molar-refractivity contribution in [1.29, 1.82) is 0 Å². The van der Waals surface area contributed by atoms with Crippen LogP contribution in [0.5, 0.6) is 0 Å². The minimum absolute atomic E-state index is 0.0624. The molecule has 0 saturated carbocycles. The van der Waals surface area contributed by atoms with E-state index in [1.807, 2.05) is 36.4 Å². The summed E-state index contributed by atoms with van der Waals surface area (Å²) >= 11 is 16.6. The van der Waals surface area contributed by atoms with Gasteiger partial charge in [0.25, 0.3) is 0 Å². The van der Waals surface area contributed by atoms with Crippen molar-refractivity contribution in [2.75, 3.05) is 31.1 Å². The van der Waals surface area contributed by atoms with Gasteiger partial charge in [-0.1, -0.05) is 70.0 Å². The summed E-state index contributed by atoms with van der Waals surface area (Å²) in [6.07, 6.45) is 3.54. The van der Waals surface area contributed by atoms with Gasteiger partial charge in [-0.15, -0.1) is 23.5 Å². The molecule has 1 nitrogen and oxygen atoms in total. The zero-order chi connectivity index (χ0) is 25.0. The van der Waals surface area contributed by atoms with Crippen molar-refractivity contribution in [3.05, 3.63) is 94.2 Å². The molecular weight excluding hydrogens is 544 g/mol. The predicted molar refractivity (Wildman–Crippen MR) is 161 cm³/mol. The molecule has 0 radical (unpaired) electrons. The third kappa shape index (κ3) is 5.87. The Morgan fingerprint density at radius 2 is 1.31 bits per heavy atom. The SMILES string of the molecule is Fc1ccc(C2(CCCN3CC[Si](c4ccc(Cl)cc4)(c4ccc(Cl)cc4)CC3)SCCCS2)cc1. The van der Waals surface area contributed by atoms with E-state index in [-0.39, 0.29) is 9.90 Å². The summed E-state index contributed by atoms with van der Waals surface area (Å²) in [5.74, 6) is 2.22. The molecule has 2 fully saturated rings. The average Bonchev–Trinajstić information content (AvgIpc) is 2.91. The minimum Gasteiger partial charge on any atom is -0.304 e. The number of rotatable bonds is 7. The van der Waals surface area contributed by atoms with Crippen LogP contribution in [0.1, 0.15) is 24.8 Å². The summed E-state index contributed by atoms with van der Waals surface area (Å²) in [7, 11) is -1.87. The molecule has 0 aromatic heterocycles. The molecule has 7 heteroatoms. The molecule has 0 N–H and O–H groups in total. The van der Waals surface area contributed by atoms with Crippen molar-refractivity contribution in [3.8, 4) is 0 Å². The zero-order valence-corrected chi connectivity index (χ0v) is 24.5. The largest absolute Gasteiger partial charge is 0.304 e. The van der Waals surface area contributed by atoms with E-state index in [2.05, 4.69) is 52.7 Å². The topological polar surface area (TPSA) is 3.24 Å². The highest BCUT2D eigenvalue weighted by atomic mass is 35.5. The predicted octanol–water partition coefficient (Wildman–Crippen LogP) is 7.51. The molecule has 3 aromatic carbocycles. The molecule has 2 saturated heterocycles. The second kappa shape index (κ2) is 11.8. The van der Waals surface area contributed by atoms with Gasteiger partial charge in [0.05, 0.1) is 4.08 Å². The molecule has 2 aliphatic heterocycles. The van der Waals surface area contributed by atoms with E-state index in [1.165, 1.54) is 46.0 Å². The normalized spacial score (nSPS) is 19.8. The Kier molecular flexibility index (Phi) is 8.76. The van der Waals surface area contributed by atoms with Crippen molar-refractivity contribution in [2.45, 2.75) is 35.4 Å². The van der Waals surface area contributed by atoms with Crippen molar-refractivity contribution < 1.29 is 4.39 Å². The van der Waals surface area contributed by atoms with Crippen LogP contribution in [0.3, 0.4) is 0 Å². The standard InChI is InChI=1S/C29H32Cl2FNS2Si/c30-24-5-11-27(12-6-24)36(28-13-7-25(31)8-14-28)21-17-33(18-22-36)16-1-15-29(34-19-2-20-35-29)23-3-9-26(32)10-4-23/h3-14H,1-2,15-22H2. The molecule has 0 bridgehead atoms. The van der Waals surface area contributed by atoms with Gasteiger partial charge in [-0.2, -0.15) is 0 Å². The molecule has 5 rings (SSSR count). The summed E-state index contributed by atoms with van der Waals surface area (Å²) in [5, 5.41) is 4.54. The Hall–Kier alpha value is -0.953. The Bertz CT molecular complexity index is 1080. The van der Waals surface area contributed by atoms with E-state index >= 15 is 0 Å². The Morgan fingerprint density at radius 1 is 0.778 bits per heavy atom. The first kappa shape index (κ1) is 26.6. The average molecular weight is 577 g/mol. The number of hydrogen-bond acceptors (Lipinski definition) is 3. The molecule has 2 heterocycles. The van der Waals surface area contributed by atoms with E-state index in [0.717, 1.165) is 42.5 Å². The minimum atomic E-state index is -1.87. The first-order valence-corrected chi connectivity index (χ1v) is 17.9. The summed E-state index contributed by atoms with van der Waals surface area (Å²) in [6, 6.07) is 26.8. The highest BCUT2D eigenvalue weighted by Gasteiger charge is 2.41. The third-order valence-electron chi connectivity index (χ3n) is 7.73. The molecule has 190 valence electrons. The molecule has 3 aromatic rings. The molecular formula is C29H32Cl2FNS2Si. The lowest BCUT2D eigenvalue weighted by Crippen LogP contribution is -2.63. The van der Waals surface area contributed by atoms with E-state index in [9.17, 15) is 4.39 Å². The quantitative estimate of drug-likeness (QED) is 0.268. The first-order valence-electron chi connectivity index (χ1n) is 12.8. The molecule has 36 heavy (non-hydrogen) atoms. The number of benzene rings is 3. The van der Waals surface area contributed by atoms with Crippen LogP contribution >= 0.6 is 46.7 Å². The molecule has 0 unspecified atom stereocenters. The number of thioether (sulfide) groups is 2. The van der Waals surface area contributed by atoms with Gasteiger partial charge >= 0.3 is 0 Å². The van der Waals surface area contributed by atoms with Gasteiger partial charge in [-0.3, -0.25) is 0 Å². The van der Waals surface area contributed by atoms with E-state index in [4.69, 9.17) is 23.2 Å². The van der Waals surface area contributed by atoms with Crippen molar-refractivity contribution in [2.24, 2.45) is 0 Å².